The van der Waals surface area contributed by atoms with Crippen molar-refractivity contribution in [3.8, 4) is 28.1 Å². The SMILES string of the molecule is COc1ccc(-c2c(C)[nH]c3c(C4=CCOCC4)c(-c4ccccc4)nn3c2=O)cc1. The molecule has 0 unspecified atom stereocenters. The molecule has 2 aromatic heterocycles. The van der Waals surface area contributed by atoms with Gasteiger partial charge in [0, 0.05) is 16.8 Å². The fourth-order valence-electron chi connectivity index (χ4n) is 4.14. The van der Waals surface area contributed by atoms with Gasteiger partial charge in [0.05, 0.1) is 25.9 Å². The summed E-state index contributed by atoms with van der Waals surface area (Å²) in [6.07, 6.45) is 2.86. The molecule has 0 bridgehead atoms. The molecule has 2 aromatic carbocycles. The van der Waals surface area contributed by atoms with Gasteiger partial charge in [-0.25, -0.2) is 0 Å². The number of hydrogen-bond donors (Lipinski definition) is 1. The van der Waals surface area contributed by atoms with E-state index >= 15 is 0 Å². The zero-order valence-electron chi connectivity index (χ0n) is 17.5. The van der Waals surface area contributed by atoms with Crippen molar-refractivity contribution >= 4 is 11.2 Å². The lowest BCUT2D eigenvalue weighted by Gasteiger charge is -2.14. The third-order valence-electron chi connectivity index (χ3n) is 5.68. The number of aromatic nitrogens is 3. The molecule has 0 saturated heterocycles. The van der Waals surface area contributed by atoms with Crippen molar-refractivity contribution in [1.82, 2.24) is 14.6 Å². The predicted octanol–water partition coefficient (Wildman–Crippen LogP) is 4.48. The first kappa shape index (κ1) is 19.3. The van der Waals surface area contributed by atoms with Gasteiger partial charge in [-0.1, -0.05) is 48.5 Å². The summed E-state index contributed by atoms with van der Waals surface area (Å²) < 4.78 is 12.3. The summed E-state index contributed by atoms with van der Waals surface area (Å²) >= 11 is 0. The number of methoxy groups -OCH3 is 1. The van der Waals surface area contributed by atoms with Crippen LogP contribution in [0.15, 0.2) is 65.5 Å². The fraction of sp³-hybridized carbons (Fsp3) is 0.200. The maximum Gasteiger partial charge on any atom is 0.282 e. The average Bonchev–Trinajstić information content (AvgIpc) is 3.20. The zero-order chi connectivity index (χ0) is 21.4. The fourth-order valence-corrected chi connectivity index (χ4v) is 4.14. The largest absolute Gasteiger partial charge is 0.497 e. The Morgan fingerprint density at radius 2 is 1.81 bits per heavy atom. The molecule has 0 fully saturated rings. The minimum Gasteiger partial charge on any atom is -0.497 e. The summed E-state index contributed by atoms with van der Waals surface area (Å²) in [5.74, 6) is 0.748. The Labute approximate surface area is 179 Å². The van der Waals surface area contributed by atoms with Crippen LogP contribution in [0, 0.1) is 6.92 Å². The van der Waals surface area contributed by atoms with Gasteiger partial charge in [0.25, 0.3) is 5.56 Å². The molecule has 0 atom stereocenters. The highest BCUT2D eigenvalue weighted by molar-refractivity contribution is 5.88. The predicted molar refractivity (Wildman–Crippen MR) is 121 cm³/mol. The molecule has 0 amide bonds. The van der Waals surface area contributed by atoms with Gasteiger partial charge in [-0.05, 0) is 36.6 Å². The molecule has 6 nitrogen and oxygen atoms in total. The van der Waals surface area contributed by atoms with Gasteiger partial charge in [0.2, 0.25) is 0 Å². The summed E-state index contributed by atoms with van der Waals surface area (Å²) in [5.41, 5.74) is 6.69. The molecule has 0 spiro atoms. The number of rotatable bonds is 4. The van der Waals surface area contributed by atoms with E-state index in [4.69, 9.17) is 14.6 Å². The van der Waals surface area contributed by atoms with E-state index in [1.54, 1.807) is 7.11 Å². The summed E-state index contributed by atoms with van der Waals surface area (Å²) in [7, 11) is 1.63. The summed E-state index contributed by atoms with van der Waals surface area (Å²) in [6.45, 7) is 3.15. The lowest BCUT2D eigenvalue weighted by molar-refractivity contribution is 0.161. The van der Waals surface area contributed by atoms with E-state index in [0.717, 1.165) is 45.8 Å². The number of aryl methyl sites for hydroxylation is 1. The Balaban J connectivity index is 1.78. The smallest absolute Gasteiger partial charge is 0.282 e. The quantitative estimate of drug-likeness (QED) is 0.536. The number of hydrogen-bond acceptors (Lipinski definition) is 4. The Bertz CT molecular complexity index is 1330. The Hall–Kier alpha value is -3.64. The van der Waals surface area contributed by atoms with Crippen LogP contribution in [-0.2, 0) is 4.74 Å². The van der Waals surface area contributed by atoms with Crippen LogP contribution in [0.1, 0.15) is 17.7 Å². The van der Waals surface area contributed by atoms with Crippen LogP contribution >= 0.6 is 0 Å². The second-order valence-electron chi connectivity index (χ2n) is 7.56. The lowest BCUT2D eigenvalue weighted by atomic mass is 9.97. The Morgan fingerprint density at radius 1 is 1.03 bits per heavy atom. The topological polar surface area (TPSA) is 68.6 Å². The van der Waals surface area contributed by atoms with Gasteiger partial charge in [-0.2, -0.15) is 9.61 Å². The normalized spacial score (nSPS) is 13.9. The monoisotopic (exact) mass is 413 g/mol. The molecule has 156 valence electrons. The molecule has 0 saturated carbocycles. The van der Waals surface area contributed by atoms with Crippen LogP contribution in [0.5, 0.6) is 5.75 Å². The highest BCUT2D eigenvalue weighted by Gasteiger charge is 2.23. The van der Waals surface area contributed by atoms with Crippen LogP contribution in [0.3, 0.4) is 0 Å². The van der Waals surface area contributed by atoms with Gasteiger partial charge >= 0.3 is 0 Å². The summed E-state index contributed by atoms with van der Waals surface area (Å²) in [6, 6.07) is 17.5. The lowest BCUT2D eigenvalue weighted by Crippen LogP contribution is -2.19. The minimum atomic E-state index is -0.146. The molecule has 1 N–H and O–H groups in total. The van der Waals surface area contributed by atoms with Crippen LogP contribution < -0.4 is 10.3 Å². The van der Waals surface area contributed by atoms with Crippen molar-refractivity contribution in [2.45, 2.75) is 13.3 Å². The van der Waals surface area contributed by atoms with E-state index in [9.17, 15) is 4.79 Å². The van der Waals surface area contributed by atoms with Crippen molar-refractivity contribution in [2.24, 2.45) is 0 Å². The molecule has 5 rings (SSSR count). The first-order valence-corrected chi connectivity index (χ1v) is 10.3. The van der Waals surface area contributed by atoms with Crippen molar-refractivity contribution in [1.29, 1.82) is 0 Å². The van der Waals surface area contributed by atoms with Gasteiger partial charge in [-0.3, -0.25) is 4.79 Å². The maximum atomic E-state index is 13.6. The van der Waals surface area contributed by atoms with Crippen LogP contribution in [0.2, 0.25) is 0 Å². The number of H-pyrrole nitrogens is 1. The maximum absolute atomic E-state index is 13.6. The Kier molecular flexibility index (Phi) is 4.92. The van der Waals surface area contributed by atoms with E-state index < -0.39 is 0 Å². The second kappa shape index (κ2) is 7.89. The molecule has 4 aromatic rings. The van der Waals surface area contributed by atoms with E-state index in [1.807, 2.05) is 61.5 Å². The third kappa shape index (κ3) is 3.35. The molecular weight excluding hydrogens is 390 g/mol. The number of benzene rings is 2. The van der Waals surface area contributed by atoms with Crippen LogP contribution in [0.4, 0.5) is 0 Å². The molecule has 0 radical (unpaired) electrons. The number of ether oxygens (including phenoxy) is 2. The van der Waals surface area contributed by atoms with Crippen LogP contribution in [-0.4, -0.2) is 34.9 Å². The number of nitrogens with zero attached hydrogens (tertiary/aromatic N) is 2. The van der Waals surface area contributed by atoms with E-state index in [-0.39, 0.29) is 5.56 Å². The first-order chi connectivity index (χ1) is 15.2. The summed E-state index contributed by atoms with van der Waals surface area (Å²) in [4.78, 5) is 17.1. The molecule has 31 heavy (non-hydrogen) atoms. The van der Waals surface area contributed by atoms with E-state index in [2.05, 4.69) is 11.1 Å². The first-order valence-electron chi connectivity index (χ1n) is 10.3. The standard InChI is InChI=1S/C25H23N3O3/c1-16-21(17-8-10-20(30-2)11-9-17)25(29)28-24(26-16)22(18-12-14-31-15-13-18)23(27-28)19-6-4-3-5-7-19/h3-12,26H,13-15H2,1-2H3. The zero-order valence-corrected chi connectivity index (χ0v) is 17.5. The molecular formula is C25H23N3O3. The van der Waals surface area contributed by atoms with Gasteiger partial charge in [0.1, 0.15) is 17.1 Å². The third-order valence-corrected chi connectivity index (χ3v) is 5.68. The number of fused-ring (bicyclic) bond motifs is 1. The second-order valence-corrected chi connectivity index (χ2v) is 7.56. The van der Waals surface area contributed by atoms with Crippen molar-refractivity contribution in [3.63, 3.8) is 0 Å². The molecule has 0 aliphatic carbocycles. The number of aromatic amines is 1. The van der Waals surface area contributed by atoms with E-state index in [1.165, 1.54) is 4.52 Å². The highest BCUT2D eigenvalue weighted by Crippen LogP contribution is 2.34. The van der Waals surface area contributed by atoms with Crippen LogP contribution in [0.25, 0.3) is 33.6 Å². The van der Waals surface area contributed by atoms with Gasteiger partial charge in [-0.15, -0.1) is 0 Å². The molecule has 6 heteroatoms. The molecule has 1 aliphatic rings. The molecule has 3 heterocycles. The summed E-state index contributed by atoms with van der Waals surface area (Å²) in [5, 5.41) is 4.79. The van der Waals surface area contributed by atoms with Crippen molar-refractivity contribution < 1.29 is 9.47 Å². The molecule has 1 aliphatic heterocycles. The van der Waals surface area contributed by atoms with Crippen molar-refractivity contribution in [3.05, 3.63) is 82.3 Å². The van der Waals surface area contributed by atoms with Gasteiger partial charge in [0.15, 0.2) is 0 Å². The highest BCUT2D eigenvalue weighted by atomic mass is 16.5. The minimum absolute atomic E-state index is 0.146. The average molecular weight is 413 g/mol. The van der Waals surface area contributed by atoms with Crippen molar-refractivity contribution in [2.75, 3.05) is 20.3 Å². The van der Waals surface area contributed by atoms with E-state index in [0.29, 0.717) is 24.4 Å². The number of nitrogens with one attached hydrogen (secondary N) is 1. The van der Waals surface area contributed by atoms with Gasteiger partial charge < -0.3 is 14.5 Å². The Morgan fingerprint density at radius 3 is 2.48 bits per heavy atom.